The van der Waals surface area contributed by atoms with E-state index in [0.717, 1.165) is 6.42 Å². The lowest BCUT2D eigenvalue weighted by molar-refractivity contribution is -0.143. The van der Waals surface area contributed by atoms with Crippen LogP contribution in [0.2, 0.25) is 0 Å². The number of piperidine rings is 1. The molecule has 88 valence electrons. The highest BCUT2D eigenvalue weighted by molar-refractivity contribution is 5.77. The molecule has 0 radical (unpaired) electrons. The zero-order valence-corrected chi connectivity index (χ0v) is 9.27. The van der Waals surface area contributed by atoms with Crippen LogP contribution in [0.4, 0.5) is 4.79 Å². The van der Waals surface area contributed by atoms with E-state index in [-0.39, 0.29) is 18.6 Å². The fourth-order valence-corrected chi connectivity index (χ4v) is 1.68. The van der Waals surface area contributed by atoms with Gasteiger partial charge in [-0.05, 0) is 19.8 Å². The van der Waals surface area contributed by atoms with Crippen LogP contribution in [-0.4, -0.2) is 41.1 Å². The molecule has 1 fully saturated rings. The number of nitrogens with zero attached hydrogens (tertiary/aromatic N) is 1. The normalized spacial score (nSPS) is 22.0. The molecule has 5 heteroatoms. The number of hydrogen-bond donors (Lipinski definition) is 2. The van der Waals surface area contributed by atoms with Crippen LogP contribution in [0.15, 0.2) is 0 Å². The maximum absolute atomic E-state index is 11.7. The van der Waals surface area contributed by atoms with Gasteiger partial charge >= 0.3 is 12.0 Å². The summed E-state index contributed by atoms with van der Waals surface area (Å²) in [5, 5.41) is 11.5. The van der Waals surface area contributed by atoms with Crippen LogP contribution in [-0.2, 0) is 4.79 Å². The van der Waals surface area contributed by atoms with Gasteiger partial charge < -0.3 is 15.3 Å². The van der Waals surface area contributed by atoms with Gasteiger partial charge in [-0.3, -0.25) is 4.79 Å². The van der Waals surface area contributed by atoms with E-state index in [9.17, 15) is 9.59 Å². The number of likely N-dealkylation sites (tertiary alicyclic amines) is 1. The number of carboxylic acids is 1. The molecule has 0 saturated carbocycles. The molecule has 5 nitrogen and oxygen atoms in total. The lowest BCUT2D eigenvalue weighted by Crippen LogP contribution is -2.48. The highest BCUT2D eigenvalue weighted by Crippen LogP contribution is 2.16. The molecule has 0 aromatic rings. The van der Waals surface area contributed by atoms with Gasteiger partial charge in [0.05, 0.1) is 12.0 Å². The third-order valence-corrected chi connectivity index (χ3v) is 2.65. The highest BCUT2D eigenvalue weighted by Gasteiger charge is 2.28. The first kappa shape index (κ1) is 12.4. The number of carbonyl (C=O) groups excluding carboxylic acids is 1. The van der Waals surface area contributed by atoms with Crippen LogP contribution in [0.5, 0.6) is 0 Å². The zero-order chi connectivity index (χ0) is 12.1. The summed E-state index contributed by atoms with van der Waals surface area (Å²) in [6.45, 7) is 2.56. The Bertz CT molecular complexity index is 322. The predicted molar refractivity (Wildman–Crippen MR) is 58.8 cm³/mol. The van der Waals surface area contributed by atoms with Crippen LogP contribution < -0.4 is 5.32 Å². The van der Waals surface area contributed by atoms with E-state index in [1.54, 1.807) is 6.92 Å². The van der Waals surface area contributed by atoms with E-state index in [0.29, 0.717) is 13.0 Å². The van der Waals surface area contributed by atoms with Crippen molar-refractivity contribution in [3.05, 3.63) is 0 Å². The maximum atomic E-state index is 11.7. The van der Waals surface area contributed by atoms with Crippen molar-refractivity contribution in [1.29, 1.82) is 0 Å². The number of aliphatic carboxylic acids is 1. The number of amides is 2. The van der Waals surface area contributed by atoms with E-state index in [1.807, 2.05) is 0 Å². The molecule has 2 N–H and O–H groups in total. The third-order valence-electron chi connectivity index (χ3n) is 2.65. The minimum Gasteiger partial charge on any atom is -0.481 e. The van der Waals surface area contributed by atoms with Gasteiger partial charge in [0.1, 0.15) is 0 Å². The first-order valence-electron chi connectivity index (χ1n) is 5.29. The number of urea groups is 1. The second kappa shape index (κ2) is 5.40. The largest absolute Gasteiger partial charge is 0.481 e. The number of hydrogen-bond acceptors (Lipinski definition) is 2. The molecule has 0 aromatic carbocycles. The average molecular weight is 224 g/mol. The van der Waals surface area contributed by atoms with Crippen LogP contribution in [0.1, 0.15) is 19.8 Å². The van der Waals surface area contributed by atoms with Crippen molar-refractivity contribution in [2.24, 2.45) is 5.92 Å². The van der Waals surface area contributed by atoms with Crippen LogP contribution in [0.3, 0.4) is 0 Å². The summed E-state index contributed by atoms with van der Waals surface area (Å²) >= 11 is 0. The van der Waals surface area contributed by atoms with Crippen LogP contribution in [0.25, 0.3) is 0 Å². The molecule has 0 aromatic heterocycles. The highest BCUT2D eigenvalue weighted by atomic mass is 16.4. The van der Waals surface area contributed by atoms with Crippen molar-refractivity contribution < 1.29 is 14.7 Å². The number of terminal acetylenes is 1. The number of carboxylic acid groups (broad SMARTS) is 1. The molecule has 0 aliphatic carbocycles. The van der Waals surface area contributed by atoms with Crippen molar-refractivity contribution >= 4 is 12.0 Å². The van der Waals surface area contributed by atoms with Crippen molar-refractivity contribution in [2.75, 3.05) is 13.1 Å². The Morgan fingerprint density at radius 1 is 1.62 bits per heavy atom. The van der Waals surface area contributed by atoms with Crippen molar-refractivity contribution in [3.8, 4) is 12.3 Å². The Kier molecular flexibility index (Phi) is 4.18. The molecule has 1 rings (SSSR count). The number of rotatable bonds is 2. The Balaban J connectivity index is 2.51. The first-order valence-corrected chi connectivity index (χ1v) is 5.29. The van der Waals surface area contributed by atoms with Gasteiger partial charge in [0.15, 0.2) is 0 Å². The van der Waals surface area contributed by atoms with Gasteiger partial charge in [0.2, 0.25) is 0 Å². The monoisotopic (exact) mass is 224 g/mol. The van der Waals surface area contributed by atoms with Gasteiger partial charge in [-0.25, -0.2) is 4.79 Å². The maximum Gasteiger partial charge on any atom is 0.318 e. The van der Waals surface area contributed by atoms with Gasteiger partial charge in [-0.15, -0.1) is 6.42 Å². The molecule has 0 bridgehead atoms. The number of carbonyl (C=O) groups is 2. The molecule has 1 saturated heterocycles. The van der Waals surface area contributed by atoms with E-state index < -0.39 is 11.9 Å². The zero-order valence-electron chi connectivity index (χ0n) is 9.27. The molecule has 16 heavy (non-hydrogen) atoms. The third kappa shape index (κ3) is 3.16. The fraction of sp³-hybridized carbons (Fsp3) is 0.636. The molecule has 1 heterocycles. The quantitative estimate of drug-likeness (QED) is 0.672. The summed E-state index contributed by atoms with van der Waals surface area (Å²) in [6, 6.07) is -0.617. The molecular formula is C11H16N2O3. The van der Waals surface area contributed by atoms with Crippen molar-refractivity contribution in [3.63, 3.8) is 0 Å². The smallest absolute Gasteiger partial charge is 0.318 e. The van der Waals surface area contributed by atoms with Crippen molar-refractivity contribution in [1.82, 2.24) is 10.2 Å². The molecular weight excluding hydrogens is 208 g/mol. The van der Waals surface area contributed by atoms with Gasteiger partial charge in [-0.1, -0.05) is 5.92 Å². The lowest BCUT2D eigenvalue weighted by atomic mass is 9.99. The topological polar surface area (TPSA) is 69.6 Å². The SMILES string of the molecule is C#CC(C)NC(=O)N1CCCC(C(=O)O)C1. The van der Waals surface area contributed by atoms with Crippen LogP contribution in [0, 0.1) is 18.3 Å². The number of nitrogens with one attached hydrogen (secondary N) is 1. The van der Waals surface area contributed by atoms with Crippen LogP contribution >= 0.6 is 0 Å². The van der Waals surface area contributed by atoms with Gasteiger partial charge in [0.25, 0.3) is 0 Å². The predicted octanol–water partition coefficient (Wildman–Crippen LogP) is 0.514. The lowest BCUT2D eigenvalue weighted by Gasteiger charge is -2.31. The molecule has 1 aliphatic heterocycles. The Morgan fingerprint density at radius 2 is 2.31 bits per heavy atom. The summed E-state index contributed by atoms with van der Waals surface area (Å²) in [5.41, 5.74) is 0. The van der Waals surface area contributed by atoms with E-state index in [4.69, 9.17) is 11.5 Å². The molecule has 1 aliphatic rings. The first-order chi connectivity index (χ1) is 7.54. The second-order valence-electron chi connectivity index (χ2n) is 3.96. The molecule has 2 amide bonds. The minimum atomic E-state index is -0.845. The van der Waals surface area contributed by atoms with Gasteiger partial charge in [0, 0.05) is 13.1 Å². The van der Waals surface area contributed by atoms with E-state index in [1.165, 1.54) is 4.90 Å². The fourth-order valence-electron chi connectivity index (χ4n) is 1.68. The summed E-state index contributed by atoms with van der Waals surface area (Å²) in [5.74, 6) is 1.09. The summed E-state index contributed by atoms with van der Waals surface area (Å²) < 4.78 is 0. The molecule has 0 spiro atoms. The van der Waals surface area contributed by atoms with Crippen molar-refractivity contribution in [2.45, 2.75) is 25.8 Å². The summed E-state index contributed by atoms with van der Waals surface area (Å²) in [6.07, 6.45) is 6.49. The van der Waals surface area contributed by atoms with Gasteiger partial charge in [-0.2, -0.15) is 0 Å². The molecule has 2 atom stereocenters. The van der Waals surface area contributed by atoms with E-state index >= 15 is 0 Å². The summed E-state index contributed by atoms with van der Waals surface area (Å²) in [7, 11) is 0. The molecule has 2 unspecified atom stereocenters. The minimum absolute atomic E-state index is 0.262. The average Bonchev–Trinajstić information content (AvgIpc) is 2.28. The Hall–Kier alpha value is -1.70. The summed E-state index contributed by atoms with van der Waals surface area (Å²) in [4.78, 5) is 24.0. The Morgan fingerprint density at radius 3 is 2.88 bits per heavy atom. The standard InChI is InChI=1S/C11H16N2O3/c1-3-8(2)12-11(16)13-6-4-5-9(7-13)10(14)15/h1,8-9H,4-7H2,2H3,(H,12,16)(H,14,15). The van der Waals surface area contributed by atoms with E-state index in [2.05, 4.69) is 11.2 Å². The Labute approximate surface area is 94.8 Å². The second-order valence-corrected chi connectivity index (χ2v) is 3.96.